The number of hydrogen-bond acceptors (Lipinski definition) is 3. The Bertz CT molecular complexity index is 330. The quantitative estimate of drug-likeness (QED) is 0.723. The first-order valence-corrected chi connectivity index (χ1v) is 5.20. The van der Waals surface area contributed by atoms with Crippen LogP contribution in [0.4, 0.5) is 0 Å². The lowest BCUT2D eigenvalue weighted by Gasteiger charge is -2.18. The Morgan fingerprint density at radius 2 is 2.43 bits per heavy atom. The highest BCUT2D eigenvalue weighted by molar-refractivity contribution is 5.81. The molecule has 2 rings (SSSR count). The van der Waals surface area contributed by atoms with E-state index in [0.29, 0.717) is 5.78 Å². The molecule has 1 heterocycles. The zero-order valence-electron chi connectivity index (χ0n) is 8.45. The second-order valence-electron chi connectivity index (χ2n) is 4.04. The number of aryl methyl sites for hydroxylation is 1. The van der Waals surface area contributed by atoms with Crippen molar-refractivity contribution in [3.05, 3.63) is 17.5 Å². The molecule has 0 saturated heterocycles. The van der Waals surface area contributed by atoms with Crippen LogP contribution >= 0.6 is 0 Å². The first-order chi connectivity index (χ1) is 6.75. The van der Waals surface area contributed by atoms with Gasteiger partial charge in [-0.25, -0.2) is 0 Å². The van der Waals surface area contributed by atoms with Crippen molar-refractivity contribution in [1.82, 2.24) is 5.16 Å². The molecule has 0 bridgehead atoms. The Balaban J connectivity index is 1.99. The summed E-state index contributed by atoms with van der Waals surface area (Å²) in [6.07, 6.45) is 4.77. The predicted molar refractivity (Wildman–Crippen MR) is 51.9 cm³/mol. The van der Waals surface area contributed by atoms with Gasteiger partial charge in [-0.1, -0.05) is 11.6 Å². The second-order valence-corrected chi connectivity index (χ2v) is 4.04. The summed E-state index contributed by atoms with van der Waals surface area (Å²) in [5.41, 5.74) is 0.919. The van der Waals surface area contributed by atoms with Gasteiger partial charge in [0.05, 0.1) is 5.69 Å². The third kappa shape index (κ3) is 2.03. The lowest BCUT2D eigenvalue weighted by Crippen LogP contribution is -2.21. The van der Waals surface area contributed by atoms with E-state index in [4.69, 9.17) is 4.52 Å². The third-order valence-electron chi connectivity index (χ3n) is 2.81. The Morgan fingerprint density at radius 3 is 3.07 bits per heavy atom. The summed E-state index contributed by atoms with van der Waals surface area (Å²) in [6.45, 7) is 1.87. The van der Waals surface area contributed by atoms with Crippen molar-refractivity contribution in [3.8, 4) is 0 Å². The summed E-state index contributed by atoms with van der Waals surface area (Å²) in [5, 5.41) is 3.92. The van der Waals surface area contributed by atoms with Gasteiger partial charge in [0, 0.05) is 24.8 Å². The van der Waals surface area contributed by atoms with Gasteiger partial charge in [0.2, 0.25) is 0 Å². The van der Waals surface area contributed by atoms with E-state index in [2.05, 4.69) is 5.16 Å². The van der Waals surface area contributed by atoms with Gasteiger partial charge in [-0.15, -0.1) is 0 Å². The number of nitrogens with zero attached hydrogens (tertiary/aromatic N) is 1. The van der Waals surface area contributed by atoms with Crippen LogP contribution in [-0.2, 0) is 11.2 Å². The lowest BCUT2D eigenvalue weighted by atomic mass is 9.85. The highest BCUT2D eigenvalue weighted by Gasteiger charge is 2.23. The standard InChI is InChI=1S/C11H15NO2/c1-8-6-10(12-14-8)7-9-4-2-3-5-11(9)13/h6,9H,2-5,7H2,1H3. The summed E-state index contributed by atoms with van der Waals surface area (Å²) < 4.78 is 4.98. The lowest BCUT2D eigenvalue weighted by molar-refractivity contribution is -0.124. The van der Waals surface area contributed by atoms with E-state index in [-0.39, 0.29) is 5.92 Å². The molecule has 1 saturated carbocycles. The second kappa shape index (κ2) is 3.95. The van der Waals surface area contributed by atoms with E-state index in [0.717, 1.165) is 37.1 Å². The molecule has 1 atom stereocenters. The van der Waals surface area contributed by atoms with E-state index in [1.807, 2.05) is 13.0 Å². The molecule has 3 heteroatoms. The molecule has 0 amide bonds. The first-order valence-electron chi connectivity index (χ1n) is 5.20. The largest absolute Gasteiger partial charge is 0.361 e. The maximum Gasteiger partial charge on any atom is 0.136 e. The number of aromatic nitrogens is 1. The minimum Gasteiger partial charge on any atom is -0.361 e. The number of rotatable bonds is 2. The van der Waals surface area contributed by atoms with Crippen molar-refractivity contribution in [2.75, 3.05) is 0 Å². The molecule has 1 fully saturated rings. The van der Waals surface area contributed by atoms with Crippen molar-refractivity contribution in [1.29, 1.82) is 0 Å². The zero-order chi connectivity index (χ0) is 9.97. The highest BCUT2D eigenvalue weighted by Crippen LogP contribution is 2.23. The van der Waals surface area contributed by atoms with E-state index in [1.165, 1.54) is 6.42 Å². The van der Waals surface area contributed by atoms with Crippen molar-refractivity contribution in [3.63, 3.8) is 0 Å². The molecule has 0 spiro atoms. The maximum atomic E-state index is 11.5. The smallest absolute Gasteiger partial charge is 0.136 e. The van der Waals surface area contributed by atoms with Crippen LogP contribution in [-0.4, -0.2) is 10.9 Å². The average Bonchev–Trinajstić information content (AvgIpc) is 2.56. The molecular formula is C11H15NO2. The molecule has 14 heavy (non-hydrogen) atoms. The fraction of sp³-hybridized carbons (Fsp3) is 0.636. The monoisotopic (exact) mass is 193 g/mol. The maximum absolute atomic E-state index is 11.5. The molecule has 1 aliphatic carbocycles. The van der Waals surface area contributed by atoms with Crippen molar-refractivity contribution < 1.29 is 9.32 Å². The van der Waals surface area contributed by atoms with Gasteiger partial charge in [0.1, 0.15) is 11.5 Å². The molecule has 0 aliphatic heterocycles. The fourth-order valence-electron chi connectivity index (χ4n) is 2.04. The minimum absolute atomic E-state index is 0.188. The number of ketones is 1. The molecule has 1 aromatic rings. The molecule has 3 nitrogen and oxygen atoms in total. The van der Waals surface area contributed by atoms with Crippen molar-refractivity contribution >= 4 is 5.78 Å². The Hall–Kier alpha value is -1.12. The van der Waals surface area contributed by atoms with Gasteiger partial charge in [0.15, 0.2) is 0 Å². The highest BCUT2D eigenvalue weighted by atomic mass is 16.5. The van der Waals surface area contributed by atoms with Gasteiger partial charge in [-0.3, -0.25) is 4.79 Å². The first kappa shape index (κ1) is 9.44. The summed E-state index contributed by atoms with van der Waals surface area (Å²) in [6, 6.07) is 1.92. The predicted octanol–water partition coefficient (Wildman–Crippen LogP) is 2.28. The van der Waals surface area contributed by atoms with Crippen LogP contribution in [0.2, 0.25) is 0 Å². The molecule has 0 radical (unpaired) electrons. The topological polar surface area (TPSA) is 43.1 Å². The summed E-state index contributed by atoms with van der Waals surface area (Å²) in [4.78, 5) is 11.5. The normalized spacial score (nSPS) is 22.6. The van der Waals surface area contributed by atoms with E-state index in [9.17, 15) is 4.79 Å². The molecule has 0 aromatic carbocycles. The summed E-state index contributed by atoms with van der Waals surface area (Å²) in [5.74, 6) is 1.41. The number of hydrogen-bond donors (Lipinski definition) is 0. The zero-order valence-corrected chi connectivity index (χ0v) is 8.45. The molecule has 1 aliphatic rings. The van der Waals surface area contributed by atoms with Crippen LogP contribution in [0, 0.1) is 12.8 Å². The van der Waals surface area contributed by atoms with Crippen LogP contribution in [0.3, 0.4) is 0 Å². The van der Waals surface area contributed by atoms with Crippen LogP contribution in [0.5, 0.6) is 0 Å². The van der Waals surface area contributed by atoms with Crippen molar-refractivity contribution in [2.45, 2.75) is 39.0 Å². The SMILES string of the molecule is Cc1cc(CC2CCCCC2=O)no1. The molecular weight excluding hydrogens is 178 g/mol. The summed E-state index contributed by atoms with van der Waals surface area (Å²) in [7, 11) is 0. The van der Waals surface area contributed by atoms with Crippen molar-refractivity contribution in [2.24, 2.45) is 5.92 Å². The Kier molecular flexibility index (Phi) is 2.66. The van der Waals surface area contributed by atoms with Gasteiger partial charge in [0.25, 0.3) is 0 Å². The van der Waals surface area contributed by atoms with Gasteiger partial charge in [-0.05, 0) is 19.8 Å². The number of carbonyl (C=O) groups excluding carboxylic acids is 1. The van der Waals surface area contributed by atoms with Crippen LogP contribution in [0.15, 0.2) is 10.6 Å². The van der Waals surface area contributed by atoms with Gasteiger partial charge >= 0.3 is 0 Å². The van der Waals surface area contributed by atoms with E-state index in [1.54, 1.807) is 0 Å². The van der Waals surface area contributed by atoms with Crippen LogP contribution in [0.25, 0.3) is 0 Å². The summed E-state index contributed by atoms with van der Waals surface area (Å²) >= 11 is 0. The minimum atomic E-state index is 0.188. The van der Waals surface area contributed by atoms with E-state index >= 15 is 0 Å². The number of Topliss-reactive ketones (excluding diaryl/α,β-unsaturated/α-hetero) is 1. The van der Waals surface area contributed by atoms with Gasteiger partial charge in [-0.2, -0.15) is 0 Å². The number of carbonyl (C=O) groups is 1. The van der Waals surface area contributed by atoms with E-state index < -0.39 is 0 Å². The molecule has 0 N–H and O–H groups in total. The average molecular weight is 193 g/mol. The van der Waals surface area contributed by atoms with Crippen LogP contribution < -0.4 is 0 Å². The third-order valence-corrected chi connectivity index (χ3v) is 2.81. The van der Waals surface area contributed by atoms with Gasteiger partial charge < -0.3 is 4.52 Å². The fourth-order valence-corrected chi connectivity index (χ4v) is 2.04. The Morgan fingerprint density at radius 1 is 1.57 bits per heavy atom. The van der Waals surface area contributed by atoms with Crippen LogP contribution in [0.1, 0.15) is 37.1 Å². The molecule has 1 aromatic heterocycles. The molecule has 76 valence electrons. The Labute approximate surface area is 83.5 Å². The molecule has 1 unspecified atom stereocenters.